The van der Waals surface area contributed by atoms with Crippen molar-refractivity contribution in [2.75, 3.05) is 7.11 Å². The van der Waals surface area contributed by atoms with E-state index < -0.39 is 0 Å². The van der Waals surface area contributed by atoms with E-state index in [0.29, 0.717) is 0 Å². The predicted octanol–water partition coefficient (Wildman–Crippen LogP) is 3.88. The molecule has 0 radical (unpaired) electrons. The number of allylic oxidation sites excluding steroid dienone is 2. The summed E-state index contributed by atoms with van der Waals surface area (Å²) in [5.74, 6) is 1.02. The monoisotopic (exact) mass is 202 g/mol. The molecule has 1 aromatic carbocycles. The average Bonchev–Trinajstić information content (AvgIpc) is 2.74. The zero-order chi connectivity index (χ0) is 10.8. The van der Waals surface area contributed by atoms with E-state index >= 15 is 0 Å². The molecule has 0 saturated carbocycles. The Morgan fingerprint density at radius 1 is 1.13 bits per heavy atom. The molecule has 1 nitrogen and oxygen atoms in total. The molecule has 2 rings (SSSR count). The first-order valence-electron chi connectivity index (χ1n) is 5.57. The molecule has 1 aliphatic rings. The SMILES string of the molecule is COc1cc(C)c(C)cc1C1=CCCC1. The van der Waals surface area contributed by atoms with Crippen molar-refractivity contribution >= 4 is 5.57 Å². The molecule has 0 bridgehead atoms. The molecule has 0 atom stereocenters. The van der Waals surface area contributed by atoms with Gasteiger partial charge in [0.1, 0.15) is 5.75 Å². The third-order valence-corrected chi connectivity index (χ3v) is 3.20. The minimum Gasteiger partial charge on any atom is -0.496 e. The summed E-state index contributed by atoms with van der Waals surface area (Å²) in [6.45, 7) is 4.29. The largest absolute Gasteiger partial charge is 0.496 e. The topological polar surface area (TPSA) is 9.23 Å². The summed E-state index contributed by atoms with van der Waals surface area (Å²) in [6, 6.07) is 4.40. The molecule has 0 spiro atoms. The number of hydrogen-bond acceptors (Lipinski definition) is 1. The average molecular weight is 202 g/mol. The molecular formula is C14H18O. The van der Waals surface area contributed by atoms with Gasteiger partial charge >= 0.3 is 0 Å². The third kappa shape index (κ3) is 1.92. The van der Waals surface area contributed by atoms with E-state index in [1.165, 1.54) is 41.5 Å². The lowest BCUT2D eigenvalue weighted by Crippen LogP contribution is -1.93. The highest BCUT2D eigenvalue weighted by Crippen LogP contribution is 2.35. The smallest absolute Gasteiger partial charge is 0.126 e. The van der Waals surface area contributed by atoms with Crippen LogP contribution in [0.4, 0.5) is 0 Å². The molecule has 0 aliphatic heterocycles. The van der Waals surface area contributed by atoms with Crippen molar-refractivity contribution in [2.45, 2.75) is 33.1 Å². The van der Waals surface area contributed by atoms with E-state index in [-0.39, 0.29) is 0 Å². The molecule has 80 valence electrons. The van der Waals surface area contributed by atoms with Gasteiger partial charge in [0, 0.05) is 5.56 Å². The summed E-state index contributed by atoms with van der Waals surface area (Å²) in [5.41, 5.74) is 5.39. The summed E-state index contributed by atoms with van der Waals surface area (Å²) in [6.07, 6.45) is 6.03. The van der Waals surface area contributed by atoms with E-state index in [0.717, 1.165) is 5.75 Å². The fourth-order valence-corrected chi connectivity index (χ4v) is 2.13. The second kappa shape index (κ2) is 4.09. The maximum atomic E-state index is 5.45. The molecule has 0 saturated heterocycles. The highest BCUT2D eigenvalue weighted by molar-refractivity contribution is 5.73. The van der Waals surface area contributed by atoms with Crippen LogP contribution in [0.2, 0.25) is 0 Å². The molecule has 1 aliphatic carbocycles. The molecule has 0 heterocycles. The van der Waals surface area contributed by atoms with Crippen LogP contribution in [0.15, 0.2) is 18.2 Å². The van der Waals surface area contributed by atoms with Crippen molar-refractivity contribution in [3.8, 4) is 5.75 Å². The standard InChI is InChI=1S/C14H18O/c1-10-8-13(12-6-4-5-7-12)14(15-3)9-11(10)2/h6,8-9H,4-5,7H2,1-3H3. The van der Waals surface area contributed by atoms with Gasteiger partial charge < -0.3 is 4.74 Å². The van der Waals surface area contributed by atoms with Gasteiger partial charge in [0.2, 0.25) is 0 Å². The number of ether oxygens (including phenoxy) is 1. The third-order valence-electron chi connectivity index (χ3n) is 3.20. The Balaban J connectivity index is 2.49. The van der Waals surface area contributed by atoms with Crippen molar-refractivity contribution in [1.29, 1.82) is 0 Å². The first-order chi connectivity index (χ1) is 7.22. The number of rotatable bonds is 2. The molecule has 0 unspecified atom stereocenters. The van der Waals surface area contributed by atoms with E-state index in [4.69, 9.17) is 4.74 Å². The highest BCUT2D eigenvalue weighted by Gasteiger charge is 2.13. The summed E-state index contributed by atoms with van der Waals surface area (Å²) in [7, 11) is 1.75. The molecule has 15 heavy (non-hydrogen) atoms. The van der Waals surface area contributed by atoms with Gasteiger partial charge in [0.15, 0.2) is 0 Å². The van der Waals surface area contributed by atoms with Crippen molar-refractivity contribution in [1.82, 2.24) is 0 Å². The van der Waals surface area contributed by atoms with Gasteiger partial charge in [-0.25, -0.2) is 0 Å². The Morgan fingerprint density at radius 3 is 2.47 bits per heavy atom. The molecule has 0 amide bonds. The molecule has 0 N–H and O–H groups in total. The maximum Gasteiger partial charge on any atom is 0.126 e. The zero-order valence-electron chi connectivity index (χ0n) is 9.76. The summed E-state index contributed by atoms with van der Waals surface area (Å²) in [4.78, 5) is 0. The molecule has 1 heteroatoms. The zero-order valence-corrected chi connectivity index (χ0v) is 9.76. The van der Waals surface area contributed by atoms with E-state index in [1.807, 2.05) is 0 Å². The lowest BCUT2D eigenvalue weighted by Gasteiger charge is -2.12. The second-order valence-electron chi connectivity index (χ2n) is 4.26. The van der Waals surface area contributed by atoms with Gasteiger partial charge in [-0.05, 0) is 61.9 Å². The van der Waals surface area contributed by atoms with Crippen molar-refractivity contribution < 1.29 is 4.74 Å². The van der Waals surface area contributed by atoms with E-state index in [9.17, 15) is 0 Å². The Hall–Kier alpha value is -1.24. The predicted molar refractivity (Wildman–Crippen MR) is 64.3 cm³/mol. The van der Waals surface area contributed by atoms with Gasteiger partial charge in [-0.1, -0.05) is 6.08 Å². The van der Waals surface area contributed by atoms with Crippen molar-refractivity contribution in [2.24, 2.45) is 0 Å². The van der Waals surface area contributed by atoms with Gasteiger partial charge in [0.25, 0.3) is 0 Å². The number of benzene rings is 1. The maximum absolute atomic E-state index is 5.45. The van der Waals surface area contributed by atoms with Crippen LogP contribution in [0.5, 0.6) is 5.75 Å². The Labute approximate surface area is 91.8 Å². The minimum atomic E-state index is 1.02. The van der Waals surface area contributed by atoms with Crippen LogP contribution in [-0.4, -0.2) is 7.11 Å². The first-order valence-corrected chi connectivity index (χ1v) is 5.57. The van der Waals surface area contributed by atoms with Gasteiger partial charge in [-0.3, -0.25) is 0 Å². The van der Waals surface area contributed by atoms with Crippen molar-refractivity contribution in [3.63, 3.8) is 0 Å². The van der Waals surface area contributed by atoms with E-state index in [2.05, 4.69) is 32.1 Å². The van der Waals surface area contributed by atoms with Crippen LogP contribution in [0, 0.1) is 13.8 Å². The Bertz CT molecular complexity index is 402. The molecular weight excluding hydrogens is 184 g/mol. The van der Waals surface area contributed by atoms with Crippen LogP contribution in [0.3, 0.4) is 0 Å². The van der Waals surface area contributed by atoms with Crippen molar-refractivity contribution in [3.05, 3.63) is 34.9 Å². The van der Waals surface area contributed by atoms with E-state index in [1.54, 1.807) is 7.11 Å². The fourth-order valence-electron chi connectivity index (χ4n) is 2.13. The quantitative estimate of drug-likeness (QED) is 0.707. The van der Waals surface area contributed by atoms with Crippen LogP contribution < -0.4 is 4.74 Å². The first kappa shape index (κ1) is 10.3. The van der Waals surface area contributed by atoms with Crippen LogP contribution in [-0.2, 0) is 0 Å². The summed E-state index contributed by atoms with van der Waals surface area (Å²) >= 11 is 0. The Kier molecular flexibility index (Phi) is 2.81. The molecule has 0 fully saturated rings. The lowest BCUT2D eigenvalue weighted by atomic mass is 9.99. The van der Waals surface area contributed by atoms with Crippen LogP contribution in [0.1, 0.15) is 36.0 Å². The fraction of sp³-hybridized carbons (Fsp3) is 0.429. The number of methoxy groups -OCH3 is 1. The Morgan fingerprint density at radius 2 is 1.87 bits per heavy atom. The number of aryl methyl sites for hydroxylation is 2. The van der Waals surface area contributed by atoms with Crippen LogP contribution >= 0.6 is 0 Å². The molecule has 0 aromatic heterocycles. The normalized spacial score (nSPS) is 15.3. The van der Waals surface area contributed by atoms with Crippen LogP contribution in [0.25, 0.3) is 5.57 Å². The highest BCUT2D eigenvalue weighted by atomic mass is 16.5. The van der Waals surface area contributed by atoms with Gasteiger partial charge in [-0.15, -0.1) is 0 Å². The number of hydrogen-bond donors (Lipinski definition) is 0. The minimum absolute atomic E-state index is 1.02. The summed E-state index contributed by atoms with van der Waals surface area (Å²) in [5, 5.41) is 0. The van der Waals surface area contributed by atoms with Gasteiger partial charge in [0.05, 0.1) is 7.11 Å². The van der Waals surface area contributed by atoms with Gasteiger partial charge in [-0.2, -0.15) is 0 Å². The second-order valence-corrected chi connectivity index (χ2v) is 4.26. The summed E-state index contributed by atoms with van der Waals surface area (Å²) < 4.78 is 5.45. The lowest BCUT2D eigenvalue weighted by molar-refractivity contribution is 0.413. The molecule has 1 aromatic rings.